The molecule has 0 aliphatic rings. The summed E-state index contributed by atoms with van der Waals surface area (Å²) in [6, 6.07) is 10.6. The molecule has 0 atom stereocenters. The second-order valence-electron chi connectivity index (χ2n) is 7.94. The molecule has 0 aliphatic heterocycles. The van der Waals surface area contributed by atoms with Gasteiger partial charge in [0.2, 0.25) is 5.91 Å². The van der Waals surface area contributed by atoms with Crippen molar-refractivity contribution in [1.29, 1.82) is 5.41 Å². The van der Waals surface area contributed by atoms with Crippen molar-refractivity contribution < 1.29 is 14.3 Å². The van der Waals surface area contributed by atoms with Gasteiger partial charge >= 0.3 is 0 Å². The second kappa shape index (κ2) is 13.7. The molecule has 6 N–H and O–H groups in total. The summed E-state index contributed by atoms with van der Waals surface area (Å²) in [5.74, 6) is 0.456. The normalized spacial score (nSPS) is 11.4. The van der Waals surface area contributed by atoms with Crippen LogP contribution in [-0.4, -0.2) is 56.6 Å². The van der Waals surface area contributed by atoms with Crippen LogP contribution in [0.1, 0.15) is 36.5 Å². The first-order chi connectivity index (χ1) is 16.9. The number of nitrogens with two attached hydrogens (primary N) is 2. The van der Waals surface area contributed by atoms with Crippen LogP contribution in [0.2, 0.25) is 0 Å². The molecule has 0 bridgehead atoms. The highest BCUT2D eigenvalue weighted by Crippen LogP contribution is 2.29. The van der Waals surface area contributed by atoms with Crippen molar-refractivity contribution in [2.75, 3.05) is 44.8 Å². The van der Waals surface area contributed by atoms with Crippen LogP contribution in [0.15, 0.2) is 48.6 Å². The maximum absolute atomic E-state index is 12.5. The topological polar surface area (TPSA) is 135 Å². The second-order valence-corrected chi connectivity index (χ2v) is 7.94. The number of hydrogen-bond donors (Lipinski definition) is 4. The van der Waals surface area contributed by atoms with Gasteiger partial charge in [0, 0.05) is 60.8 Å². The molecule has 2 rings (SSSR count). The summed E-state index contributed by atoms with van der Waals surface area (Å²) in [5, 5.41) is 11.4. The van der Waals surface area contributed by atoms with Crippen molar-refractivity contribution in [1.82, 2.24) is 4.90 Å². The Hall–Kier alpha value is -3.91. The molecule has 0 heterocycles. The largest absolute Gasteiger partial charge is 0.497 e. The summed E-state index contributed by atoms with van der Waals surface area (Å²) in [7, 11) is 3.35. The maximum Gasteiger partial charge on any atom is 0.246 e. The smallest absolute Gasteiger partial charge is 0.246 e. The van der Waals surface area contributed by atoms with Crippen molar-refractivity contribution in [3.05, 3.63) is 65.2 Å². The Balaban J connectivity index is 2.26. The number of amides is 1. The SMILES string of the molecule is CCCCN(CCN)C(=O)/C=C/C(=N)c1ccc(/C=C(/C=O)c2cc(OC)ccc2NC)cc1N. The highest BCUT2D eigenvalue weighted by Gasteiger charge is 2.12. The number of nitrogens with zero attached hydrogens (tertiary/aromatic N) is 1. The minimum atomic E-state index is -0.180. The molecule has 0 spiro atoms. The standard InChI is InChI=1S/C27H35N5O3/c1-4-5-13-32(14-12-28)27(34)11-9-24(29)22-8-6-19(16-25(22)30)15-20(18-33)23-17-21(35-3)7-10-26(23)31-2/h6-11,15-18,29,31H,4-5,12-14,28,30H2,1-3H3/b11-9+,20-15-,29-24?. The third kappa shape index (κ3) is 7.55. The van der Waals surface area contributed by atoms with E-state index < -0.39 is 0 Å². The van der Waals surface area contributed by atoms with Crippen LogP contribution in [-0.2, 0) is 9.59 Å². The van der Waals surface area contributed by atoms with E-state index in [1.807, 2.05) is 12.1 Å². The number of rotatable bonds is 13. The molecule has 0 fully saturated rings. The van der Waals surface area contributed by atoms with Crippen molar-refractivity contribution in [2.24, 2.45) is 5.73 Å². The Labute approximate surface area is 207 Å². The zero-order chi connectivity index (χ0) is 25.8. The molecule has 1 amide bonds. The first-order valence-corrected chi connectivity index (χ1v) is 11.6. The van der Waals surface area contributed by atoms with E-state index in [1.54, 1.807) is 49.4 Å². The number of aldehydes is 1. The van der Waals surface area contributed by atoms with Gasteiger partial charge in [-0.05, 0) is 48.4 Å². The third-order valence-electron chi connectivity index (χ3n) is 5.51. The molecule has 0 radical (unpaired) electrons. The monoisotopic (exact) mass is 477 g/mol. The number of ether oxygens (including phenoxy) is 1. The van der Waals surface area contributed by atoms with Crippen LogP contribution in [0, 0.1) is 5.41 Å². The fraction of sp³-hybridized carbons (Fsp3) is 0.296. The number of carbonyl (C=O) groups excluding carboxylic acids is 2. The Morgan fingerprint density at radius 2 is 1.91 bits per heavy atom. The number of carbonyl (C=O) groups is 2. The van der Waals surface area contributed by atoms with E-state index in [1.165, 1.54) is 12.2 Å². The van der Waals surface area contributed by atoms with Crippen molar-refractivity contribution in [3.8, 4) is 5.75 Å². The minimum absolute atomic E-state index is 0.121. The lowest BCUT2D eigenvalue weighted by molar-refractivity contribution is -0.126. The van der Waals surface area contributed by atoms with E-state index in [0.29, 0.717) is 53.3 Å². The average molecular weight is 478 g/mol. The Bertz CT molecular complexity index is 1110. The number of unbranched alkanes of at least 4 members (excludes halogenated alkanes) is 1. The van der Waals surface area contributed by atoms with E-state index in [0.717, 1.165) is 24.8 Å². The van der Waals surface area contributed by atoms with Crippen molar-refractivity contribution in [2.45, 2.75) is 19.8 Å². The van der Waals surface area contributed by atoms with Crippen LogP contribution in [0.3, 0.4) is 0 Å². The summed E-state index contributed by atoms with van der Waals surface area (Å²) < 4.78 is 5.29. The molecule has 186 valence electrons. The van der Waals surface area contributed by atoms with Crippen LogP contribution in [0.4, 0.5) is 11.4 Å². The third-order valence-corrected chi connectivity index (χ3v) is 5.51. The highest BCUT2D eigenvalue weighted by atomic mass is 16.5. The highest BCUT2D eigenvalue weighted by molar-refractivity contribution is 6.16. The first kappa shape index (κ1) is 27.3. The fourth-order valence-corrected chi connectivity index (χ4v) is 3.57. The number of allylic oxidation sites excluding steroid dienone is 2. The molecule has 0 aliphatic carbocycles. The zero-order valence-electron chi connectivity index (χ0n) is 20.6. The van der Waals surface area contributed by atoms with Gasteiger partial charge in [0.1, 0.15) is 5.75 Å². The molecule has 0 saturated heterocycles. The van der Waals surface area contributed by atoms with E-state index in [4.69, 9.17) is 21.6 Å². The molecule has 2 aromatic carbocycles. The van der Waals surface area contributed by atoms with Crippen LogP contribution in [0.25, 0.3) is 11.6 Å². The lowest BCUT2D eigenvalue weighted by Crippen LogP contribution is -2.35. The molecular formula is C27H35N5O3. The van der Waals surface area contributed by atoms with Crippen molar-refractivity contribution >= 4 is 40.9 Å². The van der Waals surface area contributed by atoms with Gasteiger partial charge in [0.25, 0.3) is 0 Å². The predicted octanol–water partition coefficient (Wildman–Crippen LogP) is 3.57. The average Bonchev–Trinajstić information content (AvgIpc) is 2.87. The van der Waals surface area contributed by atoms with Crippen molar-refractivity contribution in [3.63, 3.8) is 0 Å². The quantitative estimate of drug-likeness (QED) is 0.115. The van der Waals surface area contributed by atoms with Crippen LogP contribution < -0.4 is 21.5 Å². The number of methoxy groups -OCH3 is 1. The molecule has 2 aromatic rings. The van der Waals surface area contributed by atoms with Gasteiger partial charge in [0.15, 0.2) is 6.29 Å². The minimum Gasteiger partial charge on any atom is -0.497 e. The van der Waals surface area contributed by atoms with Gasteiger partial charge in [-0.15, -0.1) is 0 Å². The molecule has 0 unspecified atom stereocenters. The van der Waals surface area contributed by atoms with Gasteiger partial charge in [0.05, 0.1) is 12.8 Å². The summed E-state index contributed by atoms with van der Waals surface area (Å²) in [6.07, 6.45) is 7.21. The van der Waals surface area contributed by atoms with Crippen LogP contribution in [0.5, 0.6) is 5.75 Å². The van der Waals surface area contributed by atoms with Gasteiger partial charge < -0.3 is 31.8 Å². The molecule has 0 saturated carbocycles. The Morgan fingerprint density at radius 1 is 1.14 bits per heavy atom. The lowest BCUT2D eigenvalue weighted by Gasteiger charge is -2.20. The molecule has 0 aromatic heterocycles. The number of benzene rings is 2. The zero-order valence-corrected chi connectivity index (χ0v) is 20.6. The molecule has 35 heavy (non-hydrogen) atoms. The lowest BCUT2D eigenvalue weighted by atomic mass is 9.99. The van der Waals surface area contributed by atoms with Gasteiger partial charge in [-0.3, -0.25) is 9.59 Å². The van der Waals surface area contributed by atoms with E-state index in [9.17, 15) is 9.59 Å². The van der Waals surface area contributed by atoms with E-state index in [2.05, 4.69) is 12.2 Å². The summed E-state index contributed by atoms with van der Waals surface area (Å²) in [4.78, 5) is 26.1. The molecule has 8 nitrogen and oxygen atoms in total. The number of nitrogen functional groups attached to an aromatic ring is 1. The summed E-state index contributed by atoms with van der Waals surface area (Å²) >= 11 is 0. The van der Waals surface area contributed by atoms with Crippen LogP contribution >= 0.6 is 0 Å². The fourth-order valence-electron chi connectivity index (χ4n) is 3.57. The van der Waals surface area contributed by atoms with Gasteiger partial charge in [-0.1, -0.05) is 25.5 Å². The van der Waals surface area contributed by atoms with E-state index >= 15 is 0 Å². The number of nitrogens with one attached hydrogen (secondary N) is 2. The first-order valence-electron chi connectivity index (χ1n) is 11.6. The summed E-state index contributed by atoms with van der Waals surface area (Å²) in [6.45, 7) is 3.56. The maximum atomic E-state index is 12.5. The van der Waals surface area contributed by atoms with Gasteiger partial charge in [-0.25, -0.2) is 0 Å². The number of hydrogen-bond acceptors (Lipinski definition) is 7. The van der Waals surface area contributed by atoms with Gasteiger partial charge in [-0.2, -0.15) is 0 Å². The Morgan fingerprint density at radius 3 is 2.51 bits per heavy atom. The number of anilines is 2. The van der Waals surface area contributed by atoms with E-state index in [-0.39, 0.29) is 11.6 Å². The predicted molar refractivity (Wildman–Crippen MR) is 144 cm³/mol. The Kier molecular flexibility index (Phi) is 10.7. The summed E-state index contributed by atoms with van der Waals surface area (Å²) in [5.41, 5.74) is 15.5. The molecular weight excluding hydrogens is 442 g/mol. The molecule has 8 heteroatoms.